The van der Waals surface area contributed by atoms with Gasteiger partial charge in [-0.1, -0.05) is 32.8 Å². The Morgan fingerprint density at radius 1 is 0.966 bits per heavy atom. The van der Waals surface area contributed by atoms with Crippen LogP contribution in [0.15, 0.2) is 42.5 Å². The van der Waals surface area contributed by atoms with E-state index in [4.69, 9.17) is 9.47 Å². The Morgan fingerprint density at radius 2 is 1.76 bits per heavy atom. The molecule has 0 radical (unpaired) electrons. The number of amides is 2. The zero-order valence-electron chi connectivity index (χ0n) is 17.4. The van der Waals surface area contributed by atoms with E-state index in [9.17, 15) is 9.59 Å². The molecule has 0 aliphatic rings. The topological polar surface area (TPSA) is 76.7 Å². The van der Waals surface area contributed by atoms with Crippen LogP contribution >= 0.6 is 0 Å². The van der Waals surface area contributed by atoms with Crippen molar-refractivity contribution in [2.75, 3.05) is 24.4 Å². The number of ether oxygens (including phenoxy) is 2. The second kappa shape index (κ2) is 11.7. The summed E-state index contributed by atoms with van der Waals surface area (Å²) in [6.07, 6.45) is 4.29. The van der Waals surface area contributed by atoms with Crippen LogP contribution in [0.3, 0.4) is 0 Å². The number of nitrogens with one attached hydrogen (secondary N) is 2. The Labute approximate surface area is 172 Å². The van der Waals surface area contributed by atoms with Gasteiger partial charge in [-0.05, 0) is 43.2 Å². The normalized spacial score (nSPS) is 10.3. The van der Waals surface area contributed by atoms with Crippen molar-refractivity contribution >= 4 is 23.2 Å². The molecule has 0 unspecified atom stereocenters. The van der Waals surface area contributed by atoms with Crippen molar-refractivity contribution < 1.29 is 19.1 Å². The van der Waals surface area contributed by atoms with Crippen molar-refractivity contribution in [2.24, 2.45) is 0 Å². The van der Waals surface area contributed by atoms with Crippen LogP contribution in [0.25, 0.3) is 0 Å². The lowest BCUT2D eigenvalue weighted by molar-refractivity contribution is -0.116. The van der Waals surface area contributed by atoms with Gasteiger partial charge in [0.15, 0.2) is 0 Å². The van der Waals surface area contributed by atoms with Crippen molar-refractivity contribution in [3.63, 3.8) is 0 Å². The van der Waals surface area contributed by atoms with Gasteiger partial charge in [0.1, 0.15) is 11.5 Å². The van der Waals surface area contributed by atoms with Gasteiger partial charge in [-0.25, -0.2) is 0 Å². The summed E-state index contributed by atoms with van der Waals surface area (Å²) in [4.78, 5) is 24.6. The van der Waals surface area contributed by atoms with Gasteiger partial charge < -0.3 is 20.1 Å². The third-order valence-corrected chi connectivity index (χ3v) is 4.35. The van der Waals surface area contributed by atoms with Crippen molar-refractivity contribution in [3.8, 4) is 11.5 Å². The average Bonchev–Trinajstić information content (AvgIpc) is 2.73. The van der Waals surface area contributed by atoms with Crippen molar-refractivity contribution in [3.05, 3.63) is 48.0 Å². The van der Waals surface area contributed by atoms with Crippen LogP contribution < -0.4 is 20.1 Å². The summed E-state index contributed by atoms with van der Waals surface area (Å²) >= 11 is 0. The molecule has 0 atom stereocenters. The van der Waals surface area contributed by atoms with E-state index in [2.05, 4.69) is 17.6 Å². The zero-order valence-corrected chi connectivity index (χ0v) is 17.4. The van der Waals surface area contributed by atoms with Crippen LogP contribution in [0.1, 0.15) is 56.3 Å². The predicted molar refractivity (Wildman–Crippen MR) is 116 cm³/mol. The fourth-order valence-corrected chi connectivity index (χ4v) is 2.69. The van der Waals surface area contributed by atoms with Crippen LogP contribution in [0.2, 0.25) is 0 Å². The zero-order chi connectivity index (χ0) is 21.1. The van der Waals surface area contributed by atoms with Crippen LogP contribution in [-0.4, -0.2) is 25.5 Å². The number of hydrogen-bond acceptors (Lipinski definition) is 4. The lowest BCUT2D eigenvalue weighted by Crippen LogP contribution is -2.14. The van der Waals surface area contributed by atoms with Gasteiger partial charge in [-0.3, -0.25) is 9.59 Å². The van der Waals surface area contributed by atoms with Gasteiger partial charge in [-0.15, -0.1) is 0 Å². The second-order valence-electron chi connectivity index (χ2n) is 6.75. The van der Waals surface area contributed by atoms with Crippen LogP contribution in [0, 0.1) is 0 Å². The molecule has 2 aromatic carbocycles. The molecule has 6 heteroatoms. The second-order valence-corrected chi connectivity index (χ2v) is 6.75. The van der Waals surface area contributed by atoms with Gasteiger partial charge in [0.25, 0.3) is 5.91 Å². The molecule has 0 aromatic heterocycles. The Hall–Kier alpha value is -3.02. The Balaban J connectivity index is 2.04. The van der Waals surface area contributed by atoms with Crippen LogP contribution in [0.4, 0.5) is 11.4 Å². The standard InChI is InChI=1S/C23H30N2O4/c1-4-6-11-22(26)25-20-13-12-18(16-21(20)28-3)24-23(27)17-9-8-10-19(15-17)29-14-7-5-2/h8-10,12-13,15-16H,4-7,11,14H2,1-3H3,(H,24,27)(H,25,26). The first kappa shape index (κ1) is 22.3. The lowest BCUT2D eigenvalue weighted by Gasteiger charge is -2.13. The van der Waals surface area contributed by atoms with E-state index in [-0.39, 0.29) is 11.8 Å². The molecule has 0 spiro atoms. The van der Waals surface area contributed by atoms with E-state index in [1.54, 1.807) is 36.4 Å². The maximum absolute atomic E-state index is 12.6. The Morgan fingerprint density at radius 3 is 2.48 bits per heavy atom. The number of unbranched alkanes of at least 4 members (excludes halogenated alkanes) is 2. The van der Waals surface area contributed by atoms with E-state index >= 15 is 0 Å². The van der Waals surface area contributed by atoms with Crippen molar-refractivity contribution in [1.29, 1.82) is 0 Å². The van der Waals surface area contributed by atoms with Gasteiger partial charge in [-0.2, -0.15) is 0 Å². The van der Waals surface area contributed by atoms with E-state index < -0.39 is 0 Å². The summed E-state index contributed by atoms with van der Waals surface area (Å²) in [5.41, 5.74) is 1.67. The summed E-state index contributed by atoms with van der Waals surface area (Å²) in [5, 5.41) is 5.70. The first-order chi connectivity index (χ1) is 14.1. The molecule has 0 aliphatic carbocycles. The maximum Gasteiger partial charge on any atom is 0.255 e. The first-order valence-corrected chi connectivity index (χ1v) is 10.1. The third kappa shape index (κ3) is 7.14. The minimum Gasteiger partial charge on any atom is -0.494 e. The molecule has 2 amide bonds. The Kier molecular flexibility index (Phi) is 9.02. The smallest absolute Gasteiger partial charge is 0.255 e. The number of rotatable bonds is 11. The first-order valence-electron chi connectivity index (χ1n) is 10.1. The summed E-state index contributed by atoms with van der Waals surface area (Å²) < 4.78 is 11.0. The minimum absolute atomic E-state index is 0.0539. The lowest BCUT2D eigenvalue weighted by atomic mass is 10.2. The maximum atomic E-state index is 12.6. The van der Waals surface area contributed by atoms with Gasteiger partial charge in [0.2, 0.25) is 5.91 Å². The van der Waals surface area contributed by atoms with Crippen molar-refractivity contribution in [1.82, 2.24) is 0 Å². The molecule has 29 heavy (non-hydrogen) atoms. The molecule has 0 saturated heterocycles. The fraction of sp³-hybridized carbons (Fsp3) is 0.391. The number of anilines is 2. The fourth-order valence-electron chi connectivity index (χ4n) is 2.69. The molecule has 0 aliphatic heterocycles. The summed E-state index contributed by atoms with van der Waals surface area (Å²) in [7, 11) is 1.53. The number of methoxy groups -OCH3 is 1. The molecule has 2 aromatic rings. The number of carbonyl (C=O) groups is 2. The SMILES string of the molecule is CCCCOc1cccc(C(=O)Nc2ccc(NC(=O)CCCC)c(OC)c2)c1. The van der Waals surface area contributed by atoms with E-state index in [0.29, 0.717) is 41.5 Å². The molecule has 0 fully saturated rings. The highest BCUT2D eigenvalue weighted by Crippen LogP contribution is 2.28. The van der Waals surface area contributed by atoms with Crippen LogP contribution in [-0.2, 0) is 4.79 Å². The van der Waals surface area contributed by atoms with E-state index in [0.717, 1.165) is 25.7 Å². The molecule has 0 heterocycles. The molecule has 0 saturated carbocycles. The molecular formula is C23H30N2O4. The highest BCUT2D eigenvalue weighted by atomic mass is 16.5. The van der Waals surface area contributed by atoms with E-state index in [1.807, 2.05) is 13.0 Å². The average molecular weight is 399 g/mol. The summed E-state index contributed by atoms with van der Waals surface area (Å²) in [5.74, 6) is 0.868. The molecule has 0 bridgehead atoms. The quantitative estimate of drug-likeness (QED) is 0.507. The summed E-state index contributed by atoms with van der Waals surface area (Å²) in [6, 6.07) is 12.2. The van der Waals surface area contributed by atoms with Gasteiger partial charge >= 0.3 is 0 Å². The minimum atomic E-state index is -0.243. The number of benzene rings is 2. The predicted octanol–water partition coefficient (Wildman–Crippen LogP) is 5.26. The molecule has 2 rings (SSSR count). The molecule has 156 valence electrons. The number of hydrogen-bond donors (Lipinski definition) is 2. The van der Waals surface area contributed by atoms with E-state index in [1.165, 1.54) is 7.11 Å². The largest absolute Gasteiger partial charge is 0.494 e. The Bertz CT molecular complexity index is 820. The van der Waals surface area contributed by atoms with Crippen LogP contribution in [0.5, 0.6) is 11.5 Å². The van der Waals surface area contributed by atoms with Gasteiger partial charge in [0.05, 0.1) is 19.4 Å². The molecular weight excluding hydrogens is 368 g/mol. The highest BCUT2D eigenvalue weighted by Gasteiger charge is 2.11. The molecule has 6 nitrogen and oxygen atoms in total. The highest BCUT2D eigenvalue weighted by molar-refractivity contribution is 6.05. The van der Waals surface area contributed by atoms with Crippen molar-refractivity contribution in [2.45, 2.75) is 46.0 Å². The monoisotopic (exact) mass is 398 g/mol. The summed E-state index contributed by atoms with van der Waals surface area (Å²) in [6.45, 7) is 4.77. The van der Waals surface area contributed by atoms with Gasteiger partial charge in [0, 0.05) is 23.7 Å². The molecule has 2 N–H and O–H groups in total. The number of carbonyl (C=O) groups excluding carboxylic acids is 2. The third-order valence-electron chi connectivity index (χ3n) is 4.35.